The Bertz CT molecular complexity index is 936. The quantitative estimate of drug-likeness (QED) is 0.496. The molecule has 0 unspecified atom stereocenters. The number of nitrogens with zero attached hydrogens (tertiary/aromatic N) is 4. The van der Waals surface area contributed by atoms with E-state index < -0.39 is 5.92 Å². The summed E-state index contributed by atoms with van der Waals surface area (Å²) >= 11 is 2.17. The molecule has 138 valence electrons. The Labute approximate surface area is 163 Å². The highest BCUT2D eigenvalue weighted by molar-refractivity contribution is 14.1. The second-order valence-corrected chi connectivity index (χ2v) is 8.08. The first-order chi connectivity index (χ1) is 12.3. The van der Waals surface area contributed by atoms with Crippen molar-refractivity contribution in [1.82, 2.24) is 19.9 Å². The first-order valence-corrected chi connectivity index (χ1v) is 9.75. The summed E-state index contributed by atoms with van der Waals surface area (Å²) in [4.78, 5) is 4.58. The summed E-state index contributed by atoms with van der Waals surface area (Å²) in [5.74, 6) is -1.54. The van der Waals surface area contributed by atoms with Crippen LogP contribution in [-0.4, -0.2) is 25.8 Å². The highest BCUT2D eigenvalue weighted by atomic mass is 127. The summed E-state index contributed by atoms with van der Waals surface area (Å²) < 4.78 is 34.8. The van der Waals surface area contributed by atoms with Crippen LogP contribution in [0.3, 0.4) is 0 Å². The number of fused-ring (bicyclic) bond motifs is 1. The molecule has 3 aromatic rings. The number of aryl methyl sites for hydroxylation is 2. The summed E-state index contributed by atoms with van der Waals surface area (Å²) in [6, 6.07) is 2.04. The molecule has 0 atom stereocenters. The minimum Gasteiger partial charge on any atom is -0.361 e. The second-order valence-electron chi connectivity index (χ2n) is 7.06. The van der Waals surface area contributed by atoms with Crippen LogP contribution in [0, 0.1) is 23.5 Å². The van der Waals surface area contributed by atoms with Gasteiger partial charge in [0.15, 0.2) is 0 Å². The average Bonchev–Trinajstić information content (AvgIpc) is 3.09. The van der Waals surface area contributed by atoms with Gasteiger partial charge in [0.2, 0.25) is 5.92 Å². The highest BCUT2D eigenvalue weighted by Gasteiger charge is 2.35. The minimum absolute atomic E-state index is 0.0312. The number of pyridine rings is 1. The van der Waals surface area contributed by atoms with Gasteiger partial charge in [-0.3, -0.25) is 9.67 Å². The molecule has 1 fully saturated rings. The summed E-state index contributed by atoms with van der Waals surface area (Å²) in [6.45, 7) is 4.42. The van der Waals surface area contributed by atoms with Gasteiger partial charge in [-0.05, 0) is 61.3 Å². The van der Waals surface area contributed by atoms with E-state index in [0.717, 1.165) is 37.3 Å². The molecule has 0 amide bonds. The lowest BCUT2D eigenvalue weighted by Crippen LogP contribution is -2.27. The molecule has 4 rings (SSSR count). The van der Waals surface area contributed by atoms with Crippen LogP contribution in [0.2, 0.25) is 0 Å². The number of hydrogen-bond acceptors (Lipinski definition) is 4. The van der Waals surface area contributed by atoms with Gasteiger partial charge in [0.1, 0.15) is 15.0 Å². The third kappa shape index (κ3) is 3.23. The molecule has 0 saturated heterocycles. The van der Waals surface area contributed by atoms with E-state index in [2.05, 4.69) is 37.8 Å². The lowest BCUT2D eigenvalue weighted by molar-refractivity contribution is -0.0475. The molecule has 8 heteroatoms. The molecule has 1 saturated carbocycles. The van der Waals surface area contributed by atoms with Gasteiger partial charge in [-0.15, -0.1) is 0 Å². The SMILES string of the molecule is Cc1noc(C)c1-c1cnc2c(I)nn(CC3CCC(F)(F)CC3)c2c1. The monoisotopic (exact) mass is 472 g/mol. The van der Waals surface area contributed by atoms with Crippen LogP contribution in [0.1, 0.15) is 37.1 Å². The van der Waals surface area contributed by atoms with Crippen LogP contribution in [0.5, 0.6) is 0 Å². The number of rotatable bonds is 3. The van der Waals surface area contributed by atoms with Crippen molar-refractivity contribution in [3.63, 3.8) is 0 Å². The molecule has 0 bridgehead atoms. The zero-order chi connectivity index (χ0) is 18.5. The van der Waals surface area contributed by atoms with Gasteiger partial charge in [-0.25, -0.2) is 8.78 Å². The zero-order valence-electron chi connectivity index (χ0n) is 14.6. The van der Waals surface area contributed by atoms with Gasteiger partial charge >= 0.3 is 0 Å². The standard InChI is InChI=1S/C18H19F2IN4O/c1-10-15(11(2)26-24-10)13-7-14-16(22-8-13)17(21)23-25(14)9-12-3-5-18(19,20)6-4-12/h7-8,12H,3-6,9H2,1-2H3. The van der Waals surface area contributed by atoms with E-state index in [1.54, 1.807) is 0 Å². The summed E-state index contributed by atoms with van der Waals surface area (Å²) in [7, 11) is 0. The van der Waals surface area contributed by atoms with E-state index in [1.807, 2.05) is 30.8 Å². The fourth-order valence-corrected chi connectivity index (χ4v) is 4.39. The third-order valence-corrected chi connectivity index (χ3v) is 5.87. The Kier molecular flexibility index (Phi) is 4.48. The molecule has 1 aliphatic carbocycles. The van der Waals surface area contributed by atoms with Crippen molar-refractivity contribution in [1.29, 1.82) is 0 Å². The number of aromatic nitrogens is 4. The Morgan fingerprint density at radius 1 is 1.31 bits per heavy atom. The molecule has 1 aliphatic rings. The second kappa shape index (κ2) is 6.54. The summed E-state index contributed by atoms with van der Waals surface area (Å²) in [5, 5.41) is 8.61. The van der Waals surface area contributed by atoms with Crippen LogP contribution in [0.25, 0.3) is 22.2 Å². The Hall–Kier alpha value is -1.58. The number of halogens is 3. The lowest BCUT2D eigenvalue weighted by atomic mass is 9.87. The van der Waals surface area contributed by atoms with Crippen LogP contribution < -0.4 is 0 Å². The van der Waals surface area contributed by atoms with Gasteiger partial charge in [0.05, 0.1) is 11.2 Å². The highest BCUT2D eigenvalue weighted by Crippen LogP contribution is 2.37. The fourth-order valence-electron chi connectivity index (χ4n) is 3.71. The van der Waals surface area contributed by atoms with Crippen molar-refractivity contribution in [3.05, 3.63) is 27.4 Å². The van der Waals surface area contributed by atoms with Crippen molar-refractivity contribution in [2.24, 2.45) is 5.92 Å². The third-order valence-electron chi connectivity index (χ3n) is 5.14. The topological polar surface area (TPSA) is 56.7 Å². The van der Waals surface area contributed by atoms with E-state index in [-0.39, 0.29) is 18.8 Å². The molecular weight excluding hydrogens is 453 g/mol. The average molecular weight is 472 g/mol. The summed E-state index contributed by atoms with van der Waals surface area (Å²) in [5.41, 5.74) is 4.45. The van der Waals surface area contributed by atoms with Crippen molar-refractivity contribution < 1.29 is 13.3 Å². The van der Waals surface area contributed by atoms with Gasteiger partial charge in [-0.1, -0.05) is 5.16 Å². The van der Waals surface area contributed by atoms with Crippen LogP contribution in [0.15, 0.2) is 16.8 Å². The Morgan fingerprint density at radius 2 is 2.04 bits per heavy atom. The van der Waals surface area contributed by atoms with Crippen LogP contribution in [0.4, 0.5) is 8.78 Å². The van der Waals surface area contributed by atoms with Crippen LogP contribution >= 0.6 is 22.6 Å². The van der Waals surface area contributed by atoms with E-state index in [4.69, 9.17) is 4.52 Å². The smallest absolute Gasteiger partial charge is 0.248 e. The van der Waals surface area contributed by atoms with Gasteiger partial charge < -0.3 is 4.52 Å². The largest absolute Gasteiger partial charge is 0.361 e. The first-order valence-electron chi connectivity index (χ1n) is 8.67. The lowest BCUT2D eigenvalue weighted by Gasteiger charge is -2.28. The maximum absolute atomic E-state index is 13.4. The maximum Gasteiger partial charge on any atom is 0.248 e. The number of alkyl halides is 2. The molecule has 3 heterocycles. The molecule has 0 N–H and O–H groups in total. The van der Waals surface area contributed by atoms with Gasteiger partial charge in [0.25, 0.3) is 0 Å². The Balaban J connectivity index is 1.68. The van der Waals surface area contributed by atoms with Gasteiger partial charge in [0, 0.05) is 36.7 Å². The Morgan fingerprint density at radius 3 is 2.69 bits per heavy atom. The predicted octanol–water partition coefficient (Wildman–Crippen LogP) is 5.13. The first kappa shape index (κ1) is 17.8. The molecule has 0 spiro atoms. The molecule has 0 aliphatic heterocycles. The van der Waals surface area contributed by atoms with Crippen molar-refractivity contribution in [2.45, 2.75) is 52.0 Å². The van der Waals surface area contributed by atoms with Crippen molar-refractivity contribution in [2.75, 3.05) is 0 Å². The summed E-state index contributed by atoms with van der Waals surface area (Å²) in [6.07, 6.45) is 2.81. The molecule has 0 radical (unpaired) electrons. The van der Waals surface area contributed by atoms with Gasteiger partial charge in [-0.2, -0.15) is 5.10 Å². The molecular formula is C18H19F2IN4O. The molecule has 3 aromatic heterocycles. The van der Waals surface area contributed by atoms with Crippen molar-refractivity contribution >= 4 is 33.6 Å². The number of hydrogen-bond donors (Lipinski definition) is 0. The molecule has 26 heavy (non-hydrogen) atoms. The van der Waals surface area contributed by atoms with E-state index in [0.29, 0.717) is 19.4 Å². The normalized spacial score (nSPS) is 17.9. The van der Waals surface area contributed by atoms with Crippen molar-refractivity contribution in [3.8, 4) is 11.1 Å². The van der Waals surface area contributed by atoms with Crippen LogP contribution in [-0.2, 0) is 6.54 Å². The van der Waals surface area contributed by atoms with E-state index in [9.17, 15) is 8.78 Å². The van der Waals surface area contributed by atoms with E-state index >= 15 is 0 Å². The molecule has 5 nitrogen and oxygen atoms in total. The zero-order valence-corrected chi connectivity index (χ0v) is 16.8. The maximum atomic E-state index is 13.4. The fraction of sp³-hybridized carbons (Fsp3) is 0.500. The minimum atomic E-state index is -2.50. The predicted molar refractivity (Wildman–Crippen MR) is 102 cm³/mol. The molecule has 0 aromatic carbocycles. The van der Waals surface area contributed by atoms with E-state index in [1.165, 1.54) is 0 Å².